The summed E-state index contributed by atoms with van der Waals surface area (Å²) in [5.41, 5.74) is 1.89. The highest BCUT2D eigenvalue weighted by molar-refractivity contribution is 9.10. The van der Waals surface area contributed by atoms with Crippen LogP contribution in [-0.4, -0.2) is 15.0 Å². The fraction of sp³-hybridized carbons (Fsp3) is 0. The highest BCUT2D eigenvalue weighted by atomic mass is 79.9. The van der Waals surface area contributed by atoms with E-state index in [0.29, 0.717) is 0 Å². The van der Waals surface area contributed by atoms with E-state index in [-0.39, 0.29) is 0 Å². The number of halogens is 1. The monoisotopic (exact) mass is 285 g/mol. The number of fused-ring (bicyclic) bond motifs is 1. The molecule has 0 saturated carbocycles. The van der Waals surface area contributed by atoms with E-state index in [1.807, 2.05) is 36.7 Å². The molecule has 0 aliphatic carbocycles. The van der Waals surface area contributed by atoms with Crippen molar-refractivity contribution in [1.82, 2.24) is 15.0 Å². The summed E-state index contributed by atoms with van der Waals surface area (Å²) in [6.45, 7) is 0. The van der Waals surface area contributed by atoms with Crippen LogP contribution >= 0.6 is 15.9 Å². The molecular weight excluding hydrogens is 278 g/mol. The average Bonchev–Trinajstić information content (AvgIpc) is 2.38. The summed E-state index contributed by atoms with van der Waals surface area (Å²) in [6, 6.07) is 10.0. The molecule has 0 atom stereocenters. The van der Waals surface area contributed by atoms with Gasteiger partial charge < -0.3 is 0 Å². The third-order valence-electron chi connectivity index (χ3n) is 2.58. The number of hydrogen-bond donors (Lipinski definition) is 0. The lowest BCUT2D eigenvalue weighted by Gasteiger charge is -2.04. The number of pyridine rings is 1. The van der Waals surface area contributed by atoms with Gasteiger partial charge in [0.25, 0.3) is 0 Å². The Morgan fingerprint density at radius 2 is 1.88 bits per heavy atom. The fourth-order valence-corrected chi connectivity index (χ4v) is 2.11. The van der Waals surface area contributed by atoms with Gasteiger partial charge in [-0.1, -0.05) is 24.3 Å². The third kappa shape index (κ3) is 1.91. The quantitative estimate of drug-likeness (QED) is 0.643. The molecule has 0 amide bonds. The molecule has 0 saturated heterocycles. The first-order valence-corrected chi connectivity index (χ1v) is 5.94. The first-order valence-electron chi connectivity index (χ1n) is 5.15. The molecule has 3 nitrogen and oxygen atoms in total. The molecule has 17 heavy (non-hydrogen) atoms. The Kier molecular flexibility index (Phi) is 2.57. The van der Waals surface area contributed by atoms with Gasteiger partial charge >= 0.3 is 0 Å². The number of hydrogen-bond acceptors (Lipinski definition) is 3. The van der Waals surface area contributed by atoms with Crippen LogP contribution in [0.4, 0.5) is 0 Å². The normalized spacial score (nSPS) is 10.6. The van der Waals surface area contributed by atoms with Crippen molar-refractivity contribution < 1.29 is 0 Å². The van der Waals surface area contributed by atoms with Crippen molar-refractivity contribution in [3.8, 4) is 11.3 Å². The van der Waals surface area contributed by atoms with Crippen LogP contribution in [-0.2, 0) is 0 Å². The Hall–Kier alpha value is -1.81. The molecule has 82 valence electrons. The smallest absolute Gasteiger partial charge is 0.117 e. The van der Waals surface area contributed by atoms with Crippen LogP contribution in [0.1, 0.15) is 0 Å². The molecule has 0 bridgehead atoms. The Morgan fingerprint density at radius 1 is 1.00 bits per heavy atom. The number of nitrogens with zero attached hydrogens (tertiary/aromatic N) is 3. The maximum Gasteiger partial charge on any atom is 0.117 e. The summed E-state index contributed by atoms with van der Waals surface area (Å²) in [5.74, 6) is 0. The summed E-state index contributed by atoms with van der Waals surface area (Å²) in [6.07, 6.45) is 5.23. The van der Waals surface area contributed by atoms with Crippen molar-refractivity contribution in [2.75, 3.05) is 0 Å². The van der Waals surface area contributed by atoms with E-state index in [9.17, 15) is 0 Å². The minimum absolute atomic E-state index is 0.774. The first-order chi connectivity index (χ1) is 8.34. The van der Waals surface area contributed by atoms with Crippen molar-refractivity contribution in [1.29, 1.82) is 0 Å². The standard InChI is InChI=1S/C13H8BrN3/c14-13-5-12(16-8-17-13)11-7-15-6-9-3-1-2-4-10(9)11/h1-8H. The van der Waals surface area contributed by atoms with Gasteiger partial charge in [0.1, 0.15) is 10.9 Å². The van der Waals surface area contributed by atoms with Gasteiger partial charge in [0, 0.05) is 23.3 Å². The van der Waals surface area contributed by atoms with E-state index in [2.05, 4.69) is 36.9 Å². The van der Waals surface area contributed by atoms with Crippen molar-refractivity contribution in [2.24, 2.45) is 0 Å². The summed E-state index contributed by atoms with van der Waals surface area (Å²) < 4.78 is 0.774. The second-order valence-electron chi connectivity index (χ2n) is 3.63. The fourth-order valence-electron chi connectivity index (χ4n) is 1.80. The van der Waals surface area contributed by atoms with Crippen LogP contribution in [0.3, 0.4) is 0 Å². The molecule has 4 heteroatoms. The second-order valence-corrected chi connectivity index (χ2v) is 4.45. The maximum absolute atomic E-state index is 4.28. The number of benzene rings is 1. The molecule has 3 rings (SSSR count). The van der Waals surface area contributed by atoms with Crippen LogP contribution in [0.25, 0.3) is 22.0 Å². The van der Waals surface area contributed by atoms with Gasteiger partial charge in [0.15, 0.2) is 0 Å². The molecule has 0 N–H and O–H groups in total. The summed E-state index contributed by atoms with van der Waals surface area (Å²) in [4.78, 5) is 12.6. The zero-order valence-corrected chi connectivity index (χ0v) is 10.4. The molecular formula is C13H8BrN3. The lowest BCUT2D eigenvalue weighted by Crippen LogP contribution is -1.88. The highest BCUT2D eigenvalue weighted by Gasteiger charge is 2.05. The van der Waals surface area contributed by atoms with E-state index in [1.165, 1.54) is 0 Å². The van der Waals surface area contributed by atoms with E-state index in [1.54, 1.807) is 6.33 Å². The van der Waals surface area contributed by atoms with Gasteiger partial charge in [-0.2, -0.15) is 0 Å². The van der Waals surface area contributed by atoms with Gasteiger partial charge in [-0.3, -0.25) is 4.98 Å². The summed E-state index contributed by atoms with van der Waals surface area (Å²) >= 11 is 3.35. The highest BCUT2D eigenvalue weighted by Crippen LogP contribution is 2.26. The van der Waals surface area contributed by atoms with Crippen molar-refractivity contribution >= 4 is 26.7 Å². The lowest BCUT2D eigenvalue weighted by molar-refractivity contribution is 1.14. The predicted molar refractivity (Wildman–Crippen MR) is 70.5 cm³/mol. The molecule has 0 aliphatic rings. The van der Waals surface area contributed by atoms with Crippen LogP contribution in [0.5, 0.6) is 0 Å². The van der Waals surface area contributed by atoms with E-state index >= 15 is 0 Å². The van der Waals surface area contributed by atoms with Crippen LogP contribution in [0.15, 0.2) is 53.7 Å². The number of rotatable bonds is 1. The lowest BCUT2D eigenvalue weighted by atomic mass is 10.1. The van der Waals surface area contributed by atoms with Crippen molar-refractivity contribution in [2.45, 2.75) is 0 Å². The SMILES string of the molecule is Brc1cc(-c2cncc3ccccc23)ncn1. The van der Waals surface area contributed by atoms with Gasteiger partial charge in [-0.05, 0) is 27.4 Å². The molecule has 0 fully saturated rings. The Bertz CT molecular complexity index is 677. The Morgan fingerprint density at radius 3 is 2.76 bits per heavy atom. The Balaban J connectivity index is 2.30. The molecule has 1 aromatic carbocycles. The van der Waals surface area contributed by atoms with Crippen LogP contribution in [0.2, 0.25) is 0 Å². The molecule has 0 aliphatic heterocycles. The summed E-state index contributed by atoms with van der Waals surface area (Å²) in [7, 11) is 0. The van der Waals surface area contributed by atoms with Crippen LogP contribution in [0, 0.1) is 0 Å². The first kappa shape index (κ1) is 10.4. The largest absolute Gasteiger partial charge is 0.263 e. The molecule has 0 spiro atoms. The Labute approximate surface area is 107 Å². The zero-order chi connectivity index (χ0) is 11.7. The molecule has 0 unspecified atom stereocenters. The van der Waals surface area contributed by atoms with E-state index in [4.69, 9.17) is 0 Å². The minimum atomic E-state index is 0.774. The minimum Gasteiger partial charge on any atom is -0.263 e. The zero-order valence-electron chi connectivity index (χ0n) is 8.84. The van der Waals surface area contributed by atoms with Crippen molar-refractivity contribution in [3.05, 3.63) is 53.7 Å². The maximum atomic E-state index is 4.28. The predicted octanol–water partition coefficient (Wildman–Crippen LogP) is 3.45. The van der Waals surface area contributed by atoms with Gasteiger partial charge in [-0.15, -0.1) is 0 Å². The molecule has 0 radical (unpaired) electrons. The molecule has 2 heterocycles. The van der Waals surface area contributed by atoms with Gasteiger partial charge in [-0.25, -0.2) is 9.97 Å². The average molecular weight is 286 g/mol. The van der Waals surface area contributed by atoms with E-state index in [0.717, 1.165) is 26.6 Å². The molecule has 3 aromatic rings. The van der Waals surface area contributed by atoms with Gasteiger partial charge in [0.2, 0.25) is 0 Å². The topological polar surface area (TPSA) is 38.7 Å². The number of aromatic nitrogens is 3. The van der Waals surface area contributed by atoms with E-state index < -0.39 is 0 Å². The third-order valence-corrected chi connectivity index (χ3v) is 3.01. The summed E-state index contributed by atoms with van der Waals surface area (Å²) in [5, 5.41) is 2.26. The van der Waals surface area contributed by atoms with Gasteiger partial charge in [0.05, 0.1) is 5.69 Å². The van der Waals surface area contributed by atoms with Crippen LogP contribution < -0.4 is 0 Å². The second kappa shape index (κ2) is 4.22. The molecule has 2 aromatic heterocycles. The van der Waals surface area contributed by atoms with Crippen molar-refractivity contribution in [3.63, 3.8) is 0 Å².